The van der Waals surface area contributed by atoms with Crippen molar-refractivity contribution >= 4 is 17.8 Å². The minimum absolute atomic E-state index is 0.0443. The molecule has 224 valence electrons. The number of carboxylic acids is 1. The predicted octanol–water partition coefficient (Wildman–Crippen LogP) is 3.92. The predicted molar refractivity (Wildman–Crippen MR) is 155 cm³/mol. The fourth-order valence-electron chi connectivity index (χ4n) is 4.57. The van der Waals surface area contributed by atoms with Crippen LogP contribution in [0, 0.1) is 18.6 Å². The summed E-state index contributed by atoms with van der Waals surface area (Å²) in [6.45, 7) is 4.51. The number of carboxylic acid groups (broad SMARTS) is 1. The number of benzene rings is 3. The molecule has 0 aliphatic heterocycles. The van der Waals surface area contributed by atoms with Crippen LogP contribution in [0.2, 0.25) is 0 Å². The lowest BCUT2D eigenvalue weighted by Gasteiger charge is -2.25. The Morgan fingerprint density at radius 1 is 0.881 bits per heavy atom. The van der Waals surface area contributed by atoms with E-state index in [9.17, 15) is 28.3 Å². The van der Waals surface area contributed by atoms with Crippen LogP contribution in [-0.2, 0) is 24.2 Å². The van der Waals surface area contributed by atoms with E-state index >= 15 is 0 Å². The third-order valence-electron chi connectivity index (χ3n) is 6.70. The zero-order valence-electron chi connectivity index (χ0n) is 23.8. The SMILES string of the molecule is CCc1cccc(CNC[C@@H](O)[C@H](Cc2cc(F)cc(F)c2)NC(=O)c2cc(C)cc(C(=O)NCCCC(=O)O)c2)c1. The first-order chi connectivity index (χ1) is 20.0. The number of aryl methyl sites for hydroxylation is 2. The molecule has 2 amide bonds. The molecule has 0 bridgehead atoms. The number of hydrogen-bond donors (Lipinski definition) is 5. The summed E-state index contributed by atoms with van der Waals surface area (Å²) < 4.78 is 27.8. The smallest absolute Gasteiger partial charge is 0.303 e. The Kier molecular flexibility index (Phi) is 12.1. The van der Waals surface area contributed by atoms with Crippen molar-refractivity contribution < 1.29 is 33.4 Å². The van der Waals surface area contributed by atoms with Crippen molar-refractivity contribution in [1.82, 2.24) is 16.0 Å². The molecule has 3 aromatic rings. The monoisotopic (exact) mass is 581 g/mol. The summed E-state index contributed by atoms with van der Waals surface area (Å²) in [6.07, 6.45) is -0.0882. The Balaban J connectivity index is 1.74. The quantitative estimate of drug-likeness (QED) is 0.173. The molecule has 0 saturated heterocycles. The molecule has 8 nitrogen and oxygen atoms in total. The maximum atomic E-state index is 13.9. The summed E-state index contributed by atoms with van der Waals surface area (Å²) in [5, 5.41) is 28.4. The van der Waals surface area contributed by atoms with E-state index in [2.05, 4.69) is 28.9 Å². The van der Waals surface area contributed by atoms with E-state index in [1.807, 2.05) is 18.2 Å². The zero-order valence-corrected chi connectivity index (χ0v) is 23.8. The molecule has 3 rings (SSSR count). The first-order valence-electron chi connectivity index (χ1n) is 13.9. The fraction of sp³-hybridized carbons (Fsp3) is 0.344. The molecule has 0 fully saturated rings. The minimum Gasteiger partial charge on any atom is -0.481 e. The Bertz CT molecular complexity index is 1380. The van der Waals surface area contributed by atoms with Crippen LogP contribution in [0.4, 0.5) is 8.78 Å². The fourth-order valence-corrected chi connectivity index (χ4v) is 4.57. The molecule has 0 aromatic heterocycles. The van der Waals surface area contributed by atoms with Gasteiger partial charge in [0.05, 0.1) is 12.1 Å². The van der Waals surface area contributed by atoms with Gasteiger partial charge in [0.25, 0.3) is 11.8 Å². The standard InChI is InChI=1S/C32H37F2N3O5/c1-3-21-6-4-7-22(12-21)18-35-19-29(38)28(15-23-13-26(33)17-27(34)14-23)37-32(42)25-11-20(2)10-24(16-25)31(41)36-9-5-8-30(39)40/h4,6-7,10-14,16-17,28-29,35,38H,3,5,8-9,15,18-19H2,1-2H3,(H,36,41)(H,37,42)(H,39,40)/t28-,29+/m0/s1. The molecule has 42 heavy (non-hydrogen) atoms. The highest BCUT2D eigenvalue weighted by Crippen LogP contribution is 2.15. The van der Waals surface area contributed by atoms with Gasteiger partial charge >= 0.3 is 5.97 Å². The van der Waals surface area contributed by atoms with E-state index in [4.69, 9.17) is 5.11 Å². The topological polar surface area (TPSA) is 128 Å². The van der Waals surface area contributed by atoms with Crippen LogP contribution in [0.5, 0.6) is 0 Å². The minimum atomic E-state index is -1.11. The van der Waals surface area contributed by atoms with E-state index in [1.54, 1.807) is 19.1 Å². The summed E-state index contributed by atoms with van der Waals surface area (Å²) in [5.41, 5.74) is 3.49. The molecule has 0 heterocycles. The lowest BCUT2D eigenvalue weighted by atomic mass is 9.99. The molecule has 2 atom stereocenters. The Morgan fingerprint density at radius 3 is 2.21 bits per heavy atom. The Labute approximate surface area is 244 Å². The van der Waals surface area contributed by atoms with Gasteiger partial charge in [0.15, 0.2) is 0 Å². The molecule has 3 aromatic carbocycles. The summed E-state index contributed by atoms with van der Waals surface area (Å²) in [7, 11) is 0. The van der Waals surface area contributed by atoms with Crippen molar-refractivity contribution in [3.8, 4) is 0 Å². The second-order valence-electron chi connectivity index (χ2n) is 10.3. The molecular formula is C32H37F2N3O5. The largest absolute Gasteiger partial charge is 0.481 e. The van der Waals surface area contributed by atoms with Crippen LogP contribution in [0.15, 0.2) is 60.7 Å². The second-order valence-corrected chi connectivity index (χ2v) is 10.3. The highest BCUT2D eigenvalue weighted by molar-refractivity contribution is 6.00. The number of aliphatic hydroxyl groups is 1. The van der Waals surface area contributed by atoms with E-state index in [1.165, 1.54) is 11.6 Å². The van der Waals surface area contributed by atoms with Gasteiger partial charge in [0, 0.05) is 43.2 Å². The van der Waals surface area contributed by atoms with Gasteiger partial charge in [-0.05, 0) is 78.8 Å². The van der Waals surface area contributed by atoms with Crippen LogP contribution < -0.4 is 16.0 Å². The number of amides is 2. The van der Waals surface area contributed by atoms with Crippen molar-refractivity contribution in [3.05, 3.63) is 106 Å². The van der Waals surface area contributed by atoms with E-state index in [0.29, 0.717) is 12.1 Å². The third-order valence-corrected chi connectivity index (χ3v) is 6.70. The summed E-state index contributed by atoms with van der Waals surface area (Å²) in [6, 6.07) is 14.7. The molecular weight excluding hydrogens is 544 g/mol. The van der Waals surface area contributed by atoms with Crippen LogP contribution in [0.25, 0.3) is 0 Å². The molecule has 0 radical (unpaired) electrons. The van der Waals surface area contributed by atoms with Crippen molar-refractivity contribution in [1.29, 1.82) is 0 Å². The van der Waals surface area contributed by atoms with Crippen LogP contribution >= 0.6 is 0 Å². The zero-order chi connectivity index (χ0) is 30.6. The molecule has 0 aliphatic rings. The van der Waals surface area contributed by atoms with Crippen LogP contribution in [0.1, 0.15) is 62.7 Å². The lowest BCUT2D eigenvalue weighted by molar-refractivity contribution is -0.137. The molecule has 10 heteroatoms. The number of rotatable bonds is 15. The van der Waals surface area contributed by atoms with Crippen molar-refractivity contribution in [2.24, 2.45) is 0 Å². The number of aliphatic carboxylic acids is 1. The van der Waals surface area contributed by atoms with Crippen molar-refractivity contribution in [3.63, 3.8) is 0 Å². The van der Waals surface area contributed by atoms with Crippen LogP contribution in [-0.4, -0.2) is 53.2 Å². The van der Waals surface area contributed by atoms with Gasteiger partial charge in [-0.25, -0.2) is 8.78 Å². The third kappa shape index (κ3) is 10.4. The Hall–Kier alpha value is -4.15. The first-order valence-corrected chi connectivity index (χ1v) is 13.9. The summed E-state index contributed by atoms with van der Waals surface area (Å²) >= 11 is 0. The van der Waals surface area contributed by atoms with Crippen molar-refractivity contribution in [2.45, 2.75) is 58.2 Å². The molecule has 0 spiro atoms. The van der Waals surface area contributed by atoms with Gasteiger partial charge in [-0.3, -0.25) is 14.4 Å². The van der Waals surface area contributed by atoms with Crippen LogP contribution in [0.3, 0.4) is 0 Å². The highest BCUT2D eigenvalue weighted by Gasteiger charge is 2.24. The molecule has 0 saturated carbocycles. The normalized spacial score (nSPS) is 12.4. The Morgan fingerprint density at radius 2 is 1.55 bits per heavy atom. The first kappa shape index (κ1) is 32.4. The summed E-state index contributed by atoms with van der Waals surface area (Å²) in [4.78, 5) is 36.6. The van der Waals surface area contributed by atoms with E-state index < -0.39 is 41.6 Å². The number of carbonyl (C=O) groups is 3. The highest BCUT2D eigenvalue weighted by atomic mass is 19.1. The second kappa shape index (κ2) is 15.7. The van der Waals surface area contributed by atoms with Crippen molar-refractivity contribution in [2.75, 3.05) is 13.1 Å². The molecule has 0 aliphatic carbocycles. The average molecular weight is 582 g/mol. The van der Waals surface area contributed by atoms with E-state index in [-0.39, 0.29) is 49.0 Å². The van der Waals surface area contributed by atoms with Gasteiger partial charge < -0.3 is 26.2 Å². The maximum Gasteiger partial charge on any atom is 0.303 e. The van der Waals surface area contributed by atoms with Gasteiger partial charge in [-0.15, -0.1) is 0 Å². The van der Waals surface area contributed by atoms with Gasteiger partial charge in [-0.1, -0.05) is 31.2 Å². The van der Waals surface area contributed by atoms with Gasteiger partial charge in [0.1, 0.15) is 11.6 Å². The van der Waals surface area contributed by atoms with Gasteiger partial charge in [-0.2, -0.15) is 0 Å². The number of aliphatic hydroxyl groups excluding tert-OH is 1. The molecule has 5 N–H and O–H groups in total. The average Bonchev–Trinajstić information content (AvgIpc) is 2.94. The maximum absolute atomic E-state index is 13.9. The van der Waals surface area contributed by atoms with Gasteiger partial charge in [0.2, 0.25) is 0 Å². The number of carbonyl (C=O) groups excluding carboxylic acids is 2. The number of nitrogens with one attached hydrogen (secondary N) is 3. The van der Waals surface area contributed by atoms with E-state index in [0.717, 1.165) is 30.2 Å². The number of hydrogen-bond acceptors (Lipinski definition) is 5. The number of halogens is 2. The lowest BCUT2D eigenvalue weighted by Crippen LogP contribution is -2.48. The summed E-state index contributed by atoms with van der Waals surface area (Å²) in [5.74, 6) is -3.53. The molecule has 0 unspecified atom stereocenters.